The van der Waals surface area contributed by atoms with Gasteiger partial charge in [-0.05, 0) is 18.3 Å². The molecule has 18 heavy (non-hydrogen) atoms. The predicted octanol–water partition coefficient (Wildman–Crippen LogP) is 2.21. The fourth-order valence-electron chi connectivity index (χ4n) is 4.12. The van der Waals surface area contributed by atoms with Crippen LogP contribution in [0.25, 0.3) is 0 Å². The number of ketones is 1. The SMILES string of the molecule is C=C1CC(O)C(Br)C(C)(C)C12CCC(=O)C1OC12. The van der Waals surface area contributed by atoms with E-state index in [1.54, 1.807) is 0 Å². The largest absolute Gasteiger partial charge is 0.392 e. The van der Waals surface area contributed by atoms with Crippen LogP contribution >= 0.6 is 15.9 Å². The lowest BCUT2D eigenvalue weighted by molar-refractivity contribution is -0.122. The first kappa shape index (κ1) is 12.8. The molecule has 100 valence electrons. The normalized spacial score (nSPS) is 50.2. The minimum Gasteiger partial charge on any atom is -0.392 e. The first-order chi connectivity index (χ1) is 8.32. The number of aliphatic hydroxyl groups is 1. The number of carbonyl (C=O) groups is 1. The third-order valence-corrected chi connectivity index (χ3v) is 7.08. The van der Waals surface area contributed by atoms with E-state index < -0.39 is 6.10 Å². The van der Waals surface area contributed by atoms with Crippen LogP contribution in [0.3, 0.4) is 0 Å². The van der Waals surface area contributed by atoms with E-state index >= 15 is 0 Å². The zero-order valence-corrected chi connectivity index (χ0v) is 12.4. The van der Waals surface area contributed by atoms with Gasteiger partial charge in [-0.2, -0.15) is 0 Å². The van der Waals surface area contributed by atoms with Gasteiger partial charge in [-0.1, -0.05) is 41.9 Å². The van der Waals surface area contributed by atoms with Crippen molar-refractivity contribution in [3.8, 4) is 0 Å². The summed E-state index contributed by atoms with van der Waals surface area (Å²) in [6.07, 6.45) is 1.32. The lowest BCUT2D eigenvalue weighted by Gasteiger charge is -2.56. The highest BCUT2D eigenvalue weighted by atomic mass is 79.9. The Morgan fingerprint density at radius 3 is 2.83 bits per heavy atom. The Labute approximate surface area is 116 Å². The molecule has 3 fully saturated rings. The van der Waals surface area contributed by atoms with Crippen LogP contribution in [0.2, 0.25) is 0 Å². The molecule has 0 aromatic carbocycles. The number of halogens is 1. The maximum absolute atomic E-state index is 11.7. The average molecular weight is 315 g/mol. The molecule has 1 aliphatic heterocycles. The smallest absolute Gasteiger partial charge is 0.164 e. The third-order valence-electron chi connectivity index (χ3n) is 5.32. The highest BCUT2D eigenvalue weighted by Gasteiger charge is 2.69. The van der Waals surface area contributed by atoms with Gasteiger partial charge in [0.15, 0.2) is 5.78 Å². The number of Topliss-reactive ketones (excluding diaryl/α,β-unsaturated/α-hetero) is 1. The van der Waals surface area contributed by atoms with Crippen molar-refractivity contribution < 1.29 is 14.6 Å². The number of alkyl halides is 1. The zero-order valence-electron chi connectivity index (χ0n) is 10.8. The molecular weight excluding hydrogens is 296 g/mol. The van der Waals surface area contributed by atoms with E-state index in [9.17, 15) is 9.90 Å². The predicted molar refractivity (Wildman–Crippen MR) is 71.6 cm³/mol. The molecule has 0 amide bonds. The number of ether oxygens (including phenoxy) is 1. The Hall–Kier alpha value is -0.190. The molecule has 5 atom stereocenters. The third kappa shape index (κ3) is 1.34. The van der Waals surface area contributed by atoms with Crippen molar-refractivity contribution in [1.29, 1.82) is 0 Å². The summed E-state index contributed by atoms with van der Waals surface area (Å²) in [6.45, 7) is 8.50. The number of hydrogen-bond donors (Lipinski definition) is 1. The molecule has 0 radical (unpaired) electrons. The number of carbonyl (C=O) groups excluding carboxylic acids is 1. The van der Waals surface area contributed by atoms with Gasteiger partial charge >= 0.3 is 0 Å². The van der Waals surface area contributed by atoms with E-state index in [1.165, 1.54) is 0 Å². The molecule has 3 nitrogen and oxygen atoms in total. The fourth-order valence-corrected chi connectivity index (χ4v) is 4.72. The summed E-state index contributed by atoms with van der Waals surface area (Å²) >= 11 is 3.64. The van der Waals surface area contributed by atoms with Gasteiger partial charge in [0, 0.05) is 16.7 Å². The molecule has 1 N–H and O–H groups in total. The van der Waals surface area contributed by atoms with E-state index in [2.05, 4.69) is 36.4 Å². The van der Waals surface area contributed by atoms with Gasteiger partial charge in [0.05, 0.1) is 6.10 Å². The molecule has 1 heterocycles. The minimum atomic E-state index is -0.409. The second-order valence-electron chi connectivity index (χ2n) is 6.41. The Morgan fingerprint density at radius 1 is 1.50 bits per heavy atom. The fraction of sp³-hybridized carbons (Fsp3) is 0.786. The molecule has 0 aromatic heterocycles. The molecule has 0 bridgehead atoms. The molecule has 1 saturated heterocycles. The van der Waals surface area contributed by atoms with Gasteiger partial charge in [-0.25, -0.2) is 0 Å². The first-order valence-corrected chi connectivity index (χ1v) is 7.42. The highest BCUT2D eigenvalue weighted by Crippen LogP contribution is 2.65. The van der Waals surface area contributed by atoms with Crippen molar-refractivity contribution in [2.24, 2.45) is 10.8 Å². The summed E-state index contributed by atoms with van der Waals surface area (Å²) in [6, 6.07) is 0. The average Bonchev–Trinajstić information content (AvgIpc) is 3.07. The van der Waals surface area contributed by atoms with Gasteiger partial charge in [-0.15, -0.1) is 0 Å². The van der Waals surface area contributed by atoms with Crippen LogP contribution in [-0.4, -0.2) is 34.0 Å². The minimum absolute atomic E-state index is 0.00792. The zero-order chi connectivity index (χ0) is 13.3. The van der Waals surface area contributed by atoms with Crippen LogP contribution in [0, 0.1) is 10.8 Å². The van der Waals surface area contributed by atoms with Crippen LogP contribution in [-0.2, 0) is 9.53 Å². The standard InChI is InChI=1S/C14H19BrO3/c1-7-6-9(17)11(15)13(2,3)14(7)5-4-8(16)10-12(14)18-10/h9-12,17H,1,4-6H2,2-3H3. The molecule has 4 heteroatoms. The van der Waals surface area contributed by atoms with Crippen molar-refractivity contribution in [2.45, 2.75) is 56.2 Å². The Balaban J connectivity index is 2.04. The number of rotatable bonds is 0. The van der Waals surface area contributed by atoms with Crippen LogP contribution in [0.4, 0.5) is 0 Å². The summed E-state index contributed by atoms with van der Waals surface area (Å²) in [4.78, 5) is 11.7. The lowest BCUT2D eigenvalue weighted by atomic mass is 9.50. The summed E-state index contributed by atoms with van der Waals surface area (Å²) in [7, 11) is 0. The number of aliphatic hydroxyl groups excluding tert-OH is 1. The molecule has 1 spiro atoms. The molecule has 3 aliphatic rings. The van der Waals surface area contributed by atoms with Crippen LogP contribution in [0.15, 0.2) is 12.2 Å². The maximum Gasteiger partial charge on any atom is 0.164 e. The van der Waals surface area contributed by atoms with Gasteiger partial charge in [0.25, 0.3) is 0 Å². The van der Waals surface area contributed by atoms with Gasteiger partial charge in [0.2, 0.25) is 0 Å². The number of epoxide rings is 1. The molecule has 2 aliphatic carbocycles. The van der Waals surface area contributed by atoms with Crippen molar-refractivity contribution in [1.82, 2.24) is 0 Å². The van der Waals surface area contributed by atoms with Gasteiger partial charge in [0.1, 0.15) is 12.2 Å². The molecule has 0 aromatic rings. The quantitative estimate of drug-likeness (QED) is 0.424. The van der Waals surface area contributed by atoms with Crippen LogP contribution < -0.4 is 0 Å². The second-order valence-corrected chi connectivity index (χ2v) is 7.40. The molecule has 5 unspecified atom stereocenters. The number of hydrogen-bond acceptors (Lipinski definition) is 3. The van der Waals surface area contributed by atoms with Crippen molar-refractivity contribution in [2.75, 3.05) is 0 Å². The van der Waals surface area contributed by atoms with E-state index in [0.29, 0.717) is 12.8 Å². The topological polar surface area (TPSA) is 49.8 Å². The van der Waals surface area contributed by atoms with Gasteiger partial charge < -0.3 is 9.84 Å². The summed E-state index contributed by atoms with van der Waals surface area (Å²) in [5.74, 6) is 0.228. The van der Waals surface area contributed by atoms with Crippen molar-refractivity contribution in [3.05, 3.63) is 12.2 Å². The Morgan fingerprint density at radius 2 is 2.17 bits per heavy atom. The van der Waals surface area contributed by atoms with E-state index in [4.69, 9.17) is 4.74 Å². The lowest BCUT2D eigenvalue weighted by Crippen LogP contribution is -2.58. The Kier molecular flexibility index (Phi) is 2.62. The molecular formula is C14H19BrO3. The summed E-state index contributed by atoms with van der Waals surface area (Å²) in [5.41, 5.74) is 0.719. The monoisotopic (exact) mass is 314 g/mol. The van der Waals surface area contributed by atoms with E-state index in [-0.39, 0.29) is 33.6 Å². The van der Waals surface area contributed by atoms with Crippen LogP contribution in [0.5, 0.6) is 0 Å². The van der Waals surface area contributed by atoms with Crippen molar-refractivity contribution in [3.63, 3.8) is 0 Å². The summed E-state index contributed by atoms with van der Waals surface area (Å²) < 4.78 is 5.66. The maximum atomic E-state index is 11.7. The number of fused-ring (bicyclic) bond motifs is 2. The Bertz CT molecular complexity index is 431. The van der Waals surface area contributed by atoms with E-state index in [1.807, 2.05) is 0 Å². The van der Waals surface area contributed by atoms with E-state index in [0.717, 1.165) is 12.0 Å². The highest BCUT2D eigenvalue weighted by molar-refractivity contribution is 9.09. The molecule has 3 rings (SSSR count). The van der Waals surface area contributed by atoms with Gasteiger partial charge in [-0.3, -0.25) is 4.79 Å². The van der Waals surface area contributed by atoms with Crippen LogP contribution in [0.1, 0.15) is 33.1 Å². The molecule has 2 saturated carbocycles. The second kappa shape index (κ2) is 3.68. The summed E-state index contributed by atoms with van der Waals surface area (Å²) in [5, 5.41) is 10.1. The van der Waals surface area contributed by atoms with Crippen molar-refractivity contribution >= 4 is 21.7 Å². The first-order valence-electron chi connectivity index (χ1n) is 6.51.